The smallest absolute Gasteiger partial charge is 0.343 e. The van der Waals surface area contributed by atoms with Gasteiger partial charge in [0.05, 0.1) is 32.5 Å². The molecule has 0 aliphatic heterocycles. The van der Waals surface area contributed by atoms with Crippen molar-refractivity contribution in [3.8, 4) is 34.5 Å². The van der Waals surface area contributed by atoms with E-state index >= 15 is 0 Å². The van der Waals surface area contributed by atoms with Crippen LogP contribution in [0.2, 0.25) is 0 Å². The lowest BCUT2D eigenvalue weighted by Gasteiger charge is -2.36. The molecule has 0 spiro atoms. The van der Waals surface area contributed by atoms with Crippen molar-refractivity contribution in [1.82, 2.24) is 10.2 Å². The maximum Gasteiger partial charge on any atom is 0.343 e. The third-order valence-electron chi connectivity index (χ3n) is 9.60. The van der Waals surface area contributed by atoms with Crippen LogP contribution in [0.5, 0.6) is 34.5 Å². The Bertz CT molecular complexity index is 1940. The van der Waals surface area contributed by atoms with Crippen LogP contribution < -0.4 is 33.7 Å². The quantitative estimate of drug-likeness (QED) is 0.0603. The molecule has 12 heteroatoms. The van der Waals surface area contributed by atoms with Crippen molar-refractivity contribution in [2.24, 2.45) is 0 Å². The molecule has 0 bridgehead atoms. The Balaban J connectivity index is 1.20. The van der Waals surface area contributed by atoms with Gasteiger partial charge >= 0.3 is 11.9 Å². The molecule has 1 aliphatic rings. The number of carbonyl (C=O) groups excluding carboxylic acids is 4. The molecule has 1 N–H and O–H groups in total. The topological polar surface area (TPSA) is 139 Å². The molecule has 2 amide bonds. The third-order valence-corrected chi connectivity index (χ3v) is 9.60. The van der Waals surface area contributed by atoms with Crippen molar-refractivity contribution >= 4 is 23.8 Å². The fraction of sp³-hybridized carbons (Fsp3) is 0.364. The summed E-state index contributed by atoms with van der Waals surface area (Å²) >= 11 is 0. The van der Waals surface area contributed by atoms with Crippen LogP contribution in [0, 0.1) is 0 Å². The fourth-order valence-corrected chi connectivity index (χ4v) is 6.64. The summed E-state index contributed by atoms with van der Waals surface area (Å²) in [6.45, 7) is 3.05. The summed E-state index contributed by atoms with van der Waals surface area (Å²) in [5, 5.41) is 2.87. The second kappa shape index (κ2) is 20.6. The Morgan fingerprint density at radius 3 is 1.98 bits per heavy atom. The number of nitrogens with one attached hydrogen (secondary N) is 1. The average Bonchev–Trinajstić information content (AvgIpc) is 3.23. The van der Waals surface area contributed by atoms with Gasteiger partial charge in [-0.3, -0.25) is 9.59 Å². The molecular weight excluding hydrogens is 716 g/mol. The molecule has 296 valence electrons. The number of methoxy groups -OCH3 is 3. The SMILES string of the molecule is CCCN(C(=O)CCCCCNC(=O)COc1ccccc1OC)C1CCc2c(ccc(OC(=O)c3ccc(OC)cc3)c2OC(=O)c2ccc(OC)cc2)C1. The Morgan fingerprint density at radius 1 is 0.714 bits per heavy atom. The number of nitrogens with zero attached hydrogens (tertiary/aromatic N) is 1. The summed E-state index contributed by atoms with van der Waals surface area (Å²) in [6, 6.07) is 23.7. The Hall–Kier alpha value is -6.04. The number of ether oxygens (including phenoxy) is 6. The highest BCUT2D eigenvalue weighted by atomic mass is 16.6. The van der Waals surface area contributed by atoms with Crippen molar-refractivity contribution in [2.75, 3.05) is 41.0 Å². The van der Waals surface area contributed by atoms with Crippen LogP contribution in [0.15, 0.2) is 84.9 Å². The van der Waals surface area contributed by atoms with E-state index in [1.54, 1.807) is 88.1 Å². The monoisotopic (exact) mass is 766 g/mol. The lowest BCUT2D eigenvalue weighted by Crippen LogP contribution is -2.44. The number of carbonyl (C=O) groups is 4. The summed E-state index contributed by atoms with van der Waals surface area (Å²) in [5.74, 6) is 1.24. The largest absolute Gasteiger partial charge is 0.497 e. The molecule has 0 radical (unpaired) electrons. The molecule has 5 rings (SSSR count). The van der Waals surface area contributed by atoms with Crippen LogP contribution in [0.25, 0.3) is 0 Å². The second-order valence-corrected chi connectivity index (χ2v) is 13.4. The zero-order valence-corrected chi connectivity index (χ0v) is 32.5. The second-order valence-electron chi connectivity index (χ2n) is 13.4. The van der Waals surface area contributed by atoms with E-state index in [0.717, 1.165) is 30.4 Å². The van der Waals surface area contributed by atoms with Gasteiger partial charge in [0.1, 0.15) is 11.5 Å². The van der Waals surface area contributed by atoms with Crippen LogP contribution in [0.4, 0.5) is 0 Å². The standard InChI is InChI=1S/C44H50N2O10/c1-5-27-46(41(48)13-7-6-10-26-45-40(47)29-54-38-12-9-8-11-37(38)53-4)33-19-24-36-32(28-33)18-25-39(55-43(49)30-14-20-34(51-2)21-15-30)42(36)56-44(50)31-16-22-35(52-3)23-17-31/h8-9,11-12,14-18,20-23,25,33H,5-7,10,13,19,24,26-29H2,1-4H3,(H,45,47). The number of para-hydroxylation sites is 2. The highest BCUT2D eigenvalue weighted by Gasteiger charge is 2.31. The van der Waals surface area contributed by atoms with Crippen LogP contribution in [-0.2, 0) is 22.4 Å². The molecule has 12 nitrogen and oxygen atoms in total. The van der Waals surface area contributed by atoms with Crippen LogP contribution in [-0.4, -0.2) is 75.7 Å². The summed E-state index contributed by atoms with van der Waals surface area (Å²) in [7, 11) is 4.64. The van der Waals surface area contributed by atoms with E-state index in [1.807, 2.05) is 23.1 Å². The first-order valence-electron chi connectivity index (χ1n) is 18.9. The van der Waals surface area contributed by atoms with Crippen LogP contribution >= 0.6 is 0 Å². The van der Waals surface area contributed by atoms with Gasteiger partial charge in [-0.2, -0.15) is 0 Å². The zero-order valence-electron chi connectivity index (χ0n) is 32.5. The Kier molecular flexibility index (Phi) is 15.1. The van der Waals surface area contributed by atoms with Gasteiger partial charge in [0.25, 0.3) is 5.91 Å². The number of benzene rings is 4. The van der Waals surface area contributed by atoms with Crippen molar-refractivity contribution in [3.63, 3.8) is 0 Å². The number of rotatable bonds is 19. The molecule has 0 fully saturated rings. The van der Waals surface area contributed by atoms with Gasteiger partial charge in [0, 0.05) is 31.1 Å². The number of hydrogen-bond acceptors (Lipinski definition) is 10. The predicted molar refractivity (Wildman–Crippen MR) is 210 cm³/mol. The molecular formula is C44H50N2O10. The normalized spacial score (nSPS) is 13.1. The summed E-state index contributed by atoms with van der Waals surface area (Å²) in [4.78, 5) is 54.5. The number of fused-ring (bicyclic) bond motifs is 1. The molecule has 0 aromatic heterocycles. The number of esters is 2. The van der Waals surface area contributed by atoms with Gasteiger partial charge in [-0.15, -0.1) is 0 Å². The summed E-state index contributed by atoms with van der Waals surface area (Å²) in [6.07, 6.45) is 5.14. The van der Waals surface area contributed by atoms with E-state index in [4.69, 9.17) is 28.4 Å². The Morgan fingerprint density at radius 2 is 1.36 bits per heavy atom. The van der Waals surface area contributed by atoms with Gasteiger partial charge in [-0.1, -0.05) is 31.5 Å². The van der Waals surface area contributed by atoms with Crippen molar-refractivity contribution in [3.05, 3.63) is 107 Å². The maximum atomic E-state index is 13.6. The van der Waals surface area contributed by atoms with Gasteiger partial charge in [0.2, 0.25) is 5.91 Å². The first-order valence-corrected chi connectivity index (χ1v) is 18.9. The molecule has 0 saturated heterocycles. The predicted octanol–water partition coefficient (Wildman–Crippen LogP) is 7.00. The molecule has 0 heterocycles. The van der Waals surface area contributed by atoms with E-state index in [2.05, 4.69) is 12.2 Å². The summed E-state index contributed by atoms with van der Waals surface area (Å²) < 4.78 is 33.1. The van der Waals surface area contributed by atoms with Crippen LogP contribution in [0.3, 0.4) is 0 Å². The molecule has 56 heavy (non-hydrogen) atoms. The molecule has 4 aromatic carbocycles. The van der Waals surface area contributed by atoms with Crippen LogP contribution in [0.1, 0.15) is 77.3 Å². The minimum absolute atomic E-state index is 0.0460. The minimum atomic E-state index is -0.608. The van der Waals surface area contributed by atoms with Crippen molar-refractivity contribution < 1.29 is 47.6 Å². The average molecular weight is 767 g/mol. The van der Waals surface area contributed by atoms with E-state index in [9.17, 15) is 19.2 Å². The van der Waals surface area contributed by atoms with E-state index in [-0.39, 0.29) is 36.0 Å². The third kappa shape index (κ3) is 11.0. The van der Waals surface area contributed by atoms with E-state index in [1.165, 1.54) is 0 Å². The first-order chi connectivity index (χ1) is 27.2. The lowest BCUT2D eigenvalue weighted by molar-refractivity contribution is -0.134. The number of hydrogen-bond donors (Lipinski definition) is 1. The fourth-order valence-electron chi connectivity index (χ4n) is 6.64. The first kappa shape index (κ1) is 41.1. The minimum Gasteiger partial charge on any atom is -0.497 e. The lowest BCUT2D eigenvalue weighted by atomic mass is 9.86. The zero-order chi connectivity index (χ0) is 39.9. The van der Waals surface area contributed by atoms with Gasteiger partial charge in [0.15, 0.2) is 29.6 Å². The number of unbranched alkanes of at least 4 members (excludes halogenated alkanes) is 2. The van der Waals surface area contributed by atoms with Crippen molar-refractivity contribution in [1.29, 1.82) is 0 Å². The van der Waals surface area contributed by atoms with Crippen molar-refractivity contribution in [2.45, 2.75) is 64.3 Å². The highest BCUT2D eigenvalue weighted by Crippen LogP contribution is 2.40. The van der Waals surface area contributed by atoms with Gasteiger partial charge in [-0.05, 0) is 111 Å². The molecule has 4 aromatic rings. The summed E-state index contributed by atoms with van der Waals surface area (Å²) in [5.41, 5.74) is 2.30. The number of amides is 2. The maximum absolute atomic E-state index is 13.6. The molecule has 0 saturated carbocycles. The van der Waals surface area contributed by atoms with Gasteiger partial charge in [-0.25, -0.2) is 9.59 Å². The molecule has 1 unspecified atom stereocenters. The van der Waals surface area contributed by atoms with Gasteiger partial charge < -0.3 is 38.6 Å². The molecule has 1 aliphatic carbocycles. The highest BCUT2D eigenvalue weighted by molar-refractivity contribution is 5.93. The Labute approximate surface area is 328 Å². The van der Waals surface area contributed by atoms with E-state index in [0.29, 0.717) is 79.3 Å². The van der Waals surface area contributed by atoms with E-state index < -0.39 is 11.9 Å². The molecule has 1 atom stereocenters.